The molecule has 1 atom stereocenters. The summed E-state index contributed by atoms with van der Waals surface area (Å²) >= 11 is 1.72. The van der Waals surface area contributed by atoms with Crippen LogP contribution in [0.5, 0.6) is 0 Å². The fourth-order valence-corrected chi connectivity index (χ4v) is 5.08. The van der Waals surface area contributed by atoms with Crippen molar-refractivity contribution in [2.75, 3.05) is 18.8 Å². The first kappa shape index (κ1) is 19.3. The number of thioether (sulfide) groups is 1. The molecule has 2 aliphatic heterocycles. The van der Waals surface area contributed by atoms with E-state index < -0.39 is 0 Å². The normalized spacial score (nSPS) is 20.4. The van der Waals surface area contributed by atoms with Crippen molar-refractivity contribution >= 4 is 17.8 Å². The van der Waals surface area contributed by atoms with Crippen molar-refractivity contribution in [3.8, 4) is 0 Å². The lowest BCUT2D eigenvalue weighted by atomic mass is 10.0. The van der Waals surface area contributed by atoms with Crippen LogP contribution in [0.3, 0.4) is 0 Å². The zero-order chi connectivity index (χ0) is 19.3. The number of amides is 2. The van der Waals surface area contributed by atoms with E-state index in [-0.39, 0.29) is 23.9 Å². The Kier molecular flexibility index (Phi) is 6.17. The van der Waals surface area contributed by atoms with Gasteiger partial charge in [0.25, 0.3) is 0 Å². The highest BCUT2D eigenvalue weighted by molar-refractivity contribution is 7.99. The van der Waals surface area contributed by atoms with Crippen molar-refractivity contribution in [1.82, 2.24) is 15.5 Å². The number of hydrogen-bond donors (Lipinski definition) is 2. The van der Waals surface area contributed by atoms with Crippen LogP contribution in [-0.4, -0.2) is 35.8 Å². The third kappa shape index (κ3) is 4.86. The van der Waals surface area contributed by atoms with Crippen LogP contribution >= 0.6 is 11.8 Å². The van der Waals surface area contributed by atoms with Crippen LogP contribution in [0.15, 0.2) is 53.4 Å². The number of nitrogens with one attached hydrogen (secondary N) is 2. The average Bonchev–Trinajstić information content (AvgIpc) is 2.71. The summed E-state index contributed by atoms with van der Waals surface area (Å²) in [6, 6.07) is 15.3. The summed E-state index contributed by atoms with van der Waals surface area (Å²) in [4.78, 5) is 16.0. The molecule has 2 heterocycles. The molecule has 0 spiro atoms. The van der Waals surface area contributed by atoms with Crippen molar-refractivity contribution < 1.29 is 9.18 Å². The maximum Gasteiger partial charge on any atom is 0.315 e. The second kappa shape index (κ2) is 8.97. The summed E-state index contributed by atoms with van der Waals surface area (Å²) in [6.07, 6.45) is 2.72. The highest BCUT2D eigenvalue weighted by Crippen LogP contribution is 2.36. The highest BCUT2D eigenvalue weighted by Gasteiger charge is 2.25. The van der Waals surface area contributed by atoms with Crippen LogP contribution in [0.1, 0.15) is 36.4 Å². The monoisotopic (exact) mass is 399 g/mol. The molecule has 0 radical (unpaired) electrons. The number of benzene rings is 2. The molecule has 4 rings (SSSR count). The van der Waals surface area contributed by atoms with Crippen LogP contribution in [-0.2, 0) is 6.54 Å². The largest absolute Gasteiger partial charge is 0.335 e. The molecule has 0 bridgehead atoms. The Morgan fingerprint density at radius 3 is 2.64 bits per heavy atom. The first-order valence-electron chi connectivity index (χ1n) is 9.93. The molecule has 2 aromatic rings. The van der Waals surface area contributed by atoms with E-state index in [9.17, 15) is 9.18 Å². The number of nitrogens with zero attached hydrogens (tertiary/aromatic N) is 1. The van der Waals surface area contributed by atoms with E-state index in [2.05, 4.69) is 39.8 Å². The molecule has 0 aliphatic carbocycles. The van der Waals surface area contributed by atoms with Gasteiger partial charge in [0, 0.05) is 36.3 Å². The van der Waals surface area contributed by atoms with E-state index in [0.29, 0.717) is 0 Å². The van der Waals surface area contributed by atoms with E-state index in [0.717, 1.165) is 55.1 Å². The third-order valence-electron chi connectivity index (χ3n) is 5.49. The summed E-state index contributed by atoms with van der Waals surface area (Å²) < 4.78 is 13.6. The minimum atomic E-state index is -0.251. The van der Waals surface area contributed by atoms with Gasteiger partial charge in [0.05, 0.1) is 6.04 Å². The topological polar surface area (TPSA) is 44.4 Å². The first-order valence-corrected chi connectivity index (χ1v) is 10.9. The fourth-order valence-electron chi connectivity index (χ4n) is 3.98. The number of likely N-dealkylation sites (tertiary alicyclic amines) is 1. The van der Waals surface area contributed by atoms with Gasteiger partial charge < -0.3 is 10.6 Å². The minimum absolute atomic E-state index is 0.120. The quantitative estimate of drug-likeness (QED) is 0.805. The van der Waals surface area contributed by atoms with Gasteiger partial charge in [-0.2, -0.15) is 0 Å². The molecule has 0 aromatic heterocycles. The molecule has 2 aliphatic rings. The van der Waals surface area contributed by atoms with Gasteiger partial charge in [-0.1, -0.05) is 30.3 Å². The predicted molar refractivity (Wildman–Crippen MR) is 111 cm³/mol. The van der Waals surface area contributed by atoms with Crippen LogP contribution < -0.4 is 10.6 Å². The zero-order valence-electron chi connectivity index (χ0n) is 15.9. The third-order valence-corrected chi connectivity index (χ3v) is 6.61. The lowest BCUT2D eigenvalue weighted by Crippen LogP contribution is -2.48. The van der Waals surface area contributed by atoms with Gasteiger partial charge in [-0.05, 0) is 48.6 Å². The van der Waals surface area contributed by atoms with Gasteiger partial charge in [0.1, 0.15) is 5.82 Å². The molecule has 148 valence electrons. The summed E-state index contributed by atoms with van der Waals surface area (Å²) in [5.74, 6) is 0.681. The Hall–Kier alpha value is -2.05. The molecule has 6 heteroatoms. The van der Waals surface area contributed by atoms with E-state index in [4.69, 9.17) is 0 Å². The van der Waals surface area contributed by atoms with Crippen LogP contribution in [0.25, 0.3) is 0 Å². The van der Waals surface area contributed by atoms with E-state index in [1.165, 1.54) is 11.6 Å². The van der Waals surface area contributed by atoms with Crippen LogP contribution in [0.2, 0.25) is 0 Å². The number of rotatable bonds is 4. The van der Waals surface area contributed by atoms with Crippen molar-refractivity contribution in [3.63, 3.8) is 0 Å². The maximum atomic E-state index is 13.6. The molecule has 1 saturated heterocycles. The Morgan fingerprint density at radius 2 is 1.86 bits per heavy atom. The molecule has 2 N–H and O–H groups in total. The SMILES string of the molecule is O=C(NC1CCN(Cc2ccccc2)CC1)NC1CCSc2ccc(F)cc21. The predicted octanol–water partition coefficient (Wildman–Crippen LogP) is 4.33. The fraction of sp³-hybridized carbons (Fsp3) is 0.409. The number of urea groups is 1. The van der Waals surface area contributed by atoms with Crippen LogP contribution in [0.4, 0.5) is 9.18 Å². The lowest BCUT2D eigenvalue weighted by Gasteiger charge is -2.33. The number of piperidine rings is 1. The van der Waals surface area contributed by atoms with Crippen LogP contribution in [0, 0.1) is 5.82 Å². The molecule has 2 amide bonds. The number of halogens is 1. The molecule has 4 nitrogen and oxygen atoms in total. The Labute approximate surface area is 169 Å². The number of hydrogen-bond acceptors (Lipinski definition) is 3. The van der Waals surface area contributed by atoms with Crippen molar-refractivity contribution in [2.24, 2.45) is 0 Å². The Morgan fingerprint density at radius 1 is 1.07 bits per heavy atom. The smallest absolute Gasteiger partial charge is 0.315 e. The summed E-state index contributed by atoms with van der Waals surface area (Å²) in [5, 5.41) is 6.18. The number of carbonyl (C=O) groups excluding carboxylic acids is 1. The van der Waals surface area contributed by atoms with E-state index in [1.807, 2.05) is 12.1 Å². The summed E-state index contributed by atoms with van der Waals surface area (Å²) in [6.45, 7) is 2.92. The highest BCUT2D eigenvalue weighted by atomic mass is 32.2. The molecular weight excluding hydrogens is 373 g/mol. The van der Waals surface area contributed by atoms with Gasteiger partial charge in [-0.25, -0.2) is 9.18 Å². The minimum Gasteiger partial charge on any atom is -0.335 e. The molecular formula is C22H26FN3OS. The standard InChI is InChI=1S/C22H26FN3OS/c23-17-6-7-21-19(14-17)20(10-13-28-21)25-22(27)24-18-8-11-26(12-9-18)15-16-4-2-1-3-5-16/h1-7,14,18,20H,8-13,15H2,(H2,24,25,27). The van der Waals surface area contributed by atoms with Crippen molar-refractivity contribution in [3.05, 3.63) is 65.5 Å². The van der Waals surface area contributed by atoms with Crippen molar-refractivity contribution in [1.29, 1.82) is 0 Å². The first-order chi connectivity index (χ1) is 13.7. The average molecular weight is 400 g/mol. The number of carbonyl (C=O) groups is 1. The molecule has 1 unspecified atom stereocenters. The van der Waals surface area contributed by atoms with Gasteiger partial charge in [0.2, 0.25) is 0 Å². The Balaban J connectivity index is 1.26. The molecule has 2 aromatic carbocycles. The van der Waals surface area contributed by atoms with Gasteiger partial charge in [-0.3, -0.25) is 4.90 Å². The second-order valence-corrected chi connectivity index (χ2v) is 8.66. The summed E-state index contributed by atoms with van der Waals surface area (Å²) in [7, 11) is 0. The number of fused-ring (bicyclic) bond motifs is 1. The molecule has 28 heavy (non-hydrogen) atoms. The Bertz CT molecular complexity index is 809. The summed E-state index contributed by atoms with van der Waals surface area (Å²) in [5.41, 5.74) is 2.22. The van der Waals surface area contributed by atoms with Gasteiger partial charge in [-0.15, -0.1) is 11.8 Å². The molecule has 0 saturated carbocycles. The van der Waals surface area contributed by atoms with Crippen molar-refractivity contribution in [2.45, 2.75) is 42.8 Å². The van der Waals surface area contributed by atoms with Gasteiger partial charge >= 0.3 is 6.03 Å². The van der Waals surface area contributed by atoms with E-state index >= 15 is 0 Å². The van der Waals surface area contributed by atoms with E-state index in [1.54, 1.807) is 17.8 Å². The zero-order valence-corrected chi connectivity index (χ0v) is 16.7. The molecule has 1 fully saturated rings. The van der Waals surface area contributed by atoms with Gasteiger partial charge in [0.15, 0.2) is 0 Å². The second-order valence-electron chi connectivity index (χ2n) is 7.53. The lowest BCUT2D eigenvalue weighted by molar-refractivity contribution is 0.185. The maximum absolute atomic E-state index is 13.6.